The summed E-state index contributed by atoms with van der Waals surface area (Å²) >= 11 is 1.05. The molecule has 0 atom stereocenters. The Balaban J connectivity index is 2.48. The minimum atomic E-state index is -0.889. The number of nitrogens with one attached hydrogen (secondary N) is 1. The number of pyridine rings is 1. The van der Waals surface area contributed by atoms with E-state index in [1.807, 2.05) is 0 Å². The minimum Gasteiger partial charge on any atom is -0.409 e. The highest BCUT2D eigenvalue weighted by Gasteiger charge is 2.12. The summed E-state index contributed by atoms with van der Waals surface area (Å²) in [6.07, 6.45) is 2.96. The van der Waals surface area contributed by atoms with Crippen LogP contribution in [0.3, 0.4) is 0 Å². The van der Waals surface area contributed by atoms with Gasteiger partial charge < -0.3 is 10.9 Å². The predicted molar refractivity (Wildman–Crippen MR) is 71.0 cm³/mol. The molecule has 2 aromatic rings. The zero-order valence-corrected chi connectivity index (χ0v) is 11.1. The van der Waals surface area contributed by atoms with Gasteiger partial charge in [-0.1, -0.05) is 5.16 Å². The Bertz CT molecular complexity index is 781. The van der Waals surface area contributed by atoms with Gasteiger partial charge in [0.15, 0.2) is 11.0 Å². The normalized spacial score (nSPS) is 11.6. The summed E-state index contributed by atoms with van der Waals surface area (Å²) in [6, 6.07) is 1.56. The second-order valence-electron chi connectivity index (χ2n) is 3.66. The Morgan fingerprint density at radius 1 is 1.55 bits per heavy atom. The van der Waals surface area contributed by atoms with Gasteiger partial charge in [-0.25, -0.2) is 0 Å². The van der Waals surface area contributed by atoms with E-state index in [9.17, 15) is 9.59 Å². The molecule has 0 fully saturated rings. The van der Waals surface area contributed by atoms with Crippen molar-refractivity contribution in [2.45, 2.75) is 10.1 Å². The van der Waals surface area contributed by atoms with Crippen molar-refractivity contribution in [1.29, 1.82) is 0 Å². The Hall–Kier alpha value is -2.62. The average molecular weight is 294 g/mol. The lowest BCUT2D eigenvalue weighted by Crippen LogP contribution is -2.33. The van der Waals surface area contributed by atoms with E-state index < -0.39 is 11.1 Å². The number of aryl methyl sites for hydroxylation is 1. The molecule has 2 rings (SSSR count). The number of nitrogens with zero attached hydrogens (tertiary/aromatic N) is 4. The second-order valence-corrected chi connectivity index (χ2v) is 4.67. The molecular weight excluding hydrogens is 284 g/mol. The van der Waals surface area contributed by atoms with Crippen molar-refractivity contribution in [2.75, 3.05) is 0 Å². The van der Waals surface area contributed by atoms with Gasteiger partial charge in [-0.05, 0) is 17.8 Å². The lowest BCUT2D eigenvalue weighted by Gasteiger charge is -2.08. The summed E-state index contributed by atoms with van der Waals surface area (Å²) in [5.74, 6) is -0.0932. The first-order valence-electron chi connectivity index (χ1n) is 5.30. The molecule has 0 saturated carbocycles. The molecule has 10 heteroatoms. The number of H-pyrrole nitrogens is 1. The minimum absolute atomic E-state index is 0.0932. The first-order chi connectivity index (χ1) is 9.52. The lowest BCUT2D eigenvalue weighted by atomic mass is 10.2. The molecule has 2 aromatic heterocycles. The molecule has 0 amide bonds. The molecule has 104 valence electrons. The number of hydrogen-bond acceptors (Lipinski definition) is 7. The molecule has 0 aromatic carbocycles. The third-order valence-corrected chi connectivity index (χ3v) is 3.41. The van der Waals surface area contributed by atoms with Gasteiger partial charge in [0.2, 0.25) is 0 Å². The number of rotatable bonds is 3. The van der Waals surface area contributed by atoms with Gasteiger partial charge in [-0.2, -0.15) is 4.98 Å². The summed E-state index contributed by atoms with van der Waals surface area (Å²) in [7, 11) is 1.54. The number of nitrogens with two attached hydrogens (primary N) is 1. The van der Waals surface area contributed by atoms with Crippen LogP contribution in [0, 0.1) is 0 Å². The van der Waals surface area contributed by atoms with Crippen LogP contribution in [-0.2, 0) is 7.05 Å². The zero-order valence-electron chi connectivity index (χ0n) is 10.3. The summed E-state index contributed by atoms with van der Waals surface area (Å²) in [5, 5.41) is 14.2. The molecule has 0 saturated heterocycles. The quantitative estimate of drug-likeness (QED) is 0.219. The van der Waals surface area contributed by atoms with Crippen LogP contribution in [0.5, 0.6) is 0 Å². The van der Waals surface area contributed by atoms with Crippen molar-refractivity contribution in [3.8, 4) is 0 Å². The molecule has 20 heavy (non-hydrogen) atoms. The number of aromatic nitrogens is 4. The molecule has 0 aliphatic rings. The van der Waals surface area contributed by atoms with Crippen LogP contribution in [0.1, 0.15) is 5.56 Å². The number of hydrogen-bond donors (Lipinski definition) is 3. The average Bonchev–Trinajstić information content (AvgIpc) is 2.44. The van der Waals surface area contributed by atoms with Crippen molar-refractivity contribution in [2.24, 2.45) is 17.9 Å². The van der Waals surface area contributed by atoms with Crippen molar-refractivity contribution in [1.82, 2.24) is 19.7 Å². The van der Waals surface area contributed by atoms with Crippen LogP contribution in [0.4, 0.5) is 0 Å². The number of oxime groups is 1. The smallest absolute Gasteiger partial charge is 0.339 e. The maximum Gasteiger partial charge on any atom is 0.339 e. The molecular formula is C10H10N6O3S. The van der Waals surface area contributed by atoms with Crippen LogP contribution in [0.25, 0.3) is 0 Å². The number of aromatic amines is 1. The van der Waals surface area contributed by atoms with Gasteiger partial charge >= 0.3 is 11.1 Å². The second kappa shape index (κ2) is 5.57. The van der Waals surface area contributed by atoms with E-state index in [1.54, 1.807) is 6.07 Å². The van der Waals surface area contributed by atoms with E-state index in [2.05, 4.69) is 20.2 Å². The Morgan fingerprint density at radius 3 is 3.00 bits per heavy atom. The fourth-order valence-corrected chi connectivity index (χ4v) is 2.28. The first-order valence-corrected chi connectivity index (χ1v) is 6.11. The van der Waals surface area contributed by atoms with E-state index in [4.69, 9.17) is 10.9 Å². The summed E-state index contributed by atoms with van der Waals surface area (Å²) in [5.41, 5.74) is 4.30. The highest BCUT2D eigenvalue weighted by atomic mass is 32.2. The molecule has 0 aliphatic heterocycles. The van der Waals surface area contributed by atoms with Crippen LogP contribution >= 0.6 is 11.8 Å². The molecule has 0 aliphatic carbocycles. The molecule has 9 nitrogen and oxygen atoms in total. The van der Waals surface area contributed by atoms with Gasteiger partial charge in [0, 0.05) is 29.9 Å². The molecule has 0 radical (unpaired) electrons. The third-order valence-electron chi connectivity index (χ3n) is 2.32. The van der Waals surface area contributed by atoms with Crippen molar-refractivity contribution in [3.05, 3.63) is 44.7 Å². The zero-order chi connectivity index (χ0) is 14.7. The molecule has 4 N–H and O–H groups in total. The maximum absolute atomic E-state index is 11.3. The summed E-state index contributed by atoms with van der Waals surface area (Å²) < 4.78 is 1.30. The number of amidine groups is 1. The van der Waals surface area contributed by atoms with E-state index >= 15 is 0 Å². The SMILES string of the molecule is Cn1[nH]c(=O)c(=O)nc1Sc1cnccc1/C(N)=N/O. The highest BCUT2D eigenvalue weighted by molar-refractivity contribution is 7.99. The van der Waals surface area contributed by atoms with Crippen molar-refractivity contribution >= 4 is 17.6 Å². The standard InChI is InChI=1S/C10H10N6O3S/c1-16-10(13-8(17)9(18)14-16)20-6-4-12-3-2-5(6)7(11)15-19/h2-4,19H,1H3,(H2,11,15)(H,14,18). The van der Waals surface area contributed by atoms with Gasteiger partial charge in [0.1, 0.15) is 0 Å². The van der Waals surface area contributed by atoms with Gasteiger partial charge in [-0.3, -0.25) is 24.4 Å². The third kappa shape index (κ3) is 2.69. The Labute approximate surface area is 116 Å². The lowest BCUT2D eigenvalue weighted by molar-refractivity contribution is 0.318. The predicted octanol–water partition coefficient (Wildman–Crippen LogP) is -0.891. The van der Waals surface area contributed by atoms with Crippen LogP contribution < -0.4 is 16.9 Å². The van der Waals surface area contributed by atoms with Crippen molar-refractivity contribution in [3.63, 3.8) is 0 Å². The fourth-order valence-electron chi connectivity index (χ4n) is 1.38. The van der Waals surface area contributed by atoms with E-state index in [0.717, 1.165) is 11.8 Å². The molecule has 0 spiro atoms. The summed E-state index contributed by atoms with van der Waals surface area (Å²) in [4.78, 5) is 30.5. The van der Waals surface area contributed by atoms with E-state index in [-0.39, 0.29) is 11.0 Å². The Kier molecular flexibility index (Phi) is 3.84. The molecule has 0 bridgehead atoms. The monoisotopic (exact) mass is 294 g/mol. The molecule has 2 heterocycles. The fraction of sp³-hybridized carbons (Fsp3) is 0.100. The highest BCUT2D eigenvalue weighted by Crippen LogP contribution is 2.26. The summed E-state index contributed by atoms with van der Waals surface area (Å²) in [6.45, 7) is 0. The van der Waals surface area contributed by atoms with Crippen LogP contribution in [0.2, 0.25) is 0 Å². The van der Waals surface area contributed by atoms with E-state index in [0.29, 0.717) is 10.5 Å². The van der Waals surface area contributed by atoms with E-state index in [1.165, 1.54) is 24.1 Å². The topological polar surface area (TPSA) is 139 Å². The van der Waals surface area contributed by atoms with Gasteiger partial charge in [0.25, 0.3) is 0 Å². The van der Waals surface area contributed by atoms with Crippen LogP contribution in [-0.4, -0.2) is 30.8 Å². The molecule has 0 unspecified atom stereocenters. The largest absolute Gasteiger partial charge is 0.409 e. The Morgan fingerprint density at radius 2 is 2.30 bits per heavy atom. The maximum atomic E-state index is 11.3. The van der Waals surface area contributed by atoms with Gasteiger partial charge in [0.05, 0.1) is 0 Å². The van der Waals surface area contributed by atoms with Gasteiger partial charge in [-0.15, -0.1) is 0 Å². The first kappa shape index (κ1) is 13.8. The van der Waals surface area contributed by atoms with Crippen LogP contribution in [0.15, 0.2) is 43.3 Å². The van der Waals surface area contributed by atoms with Crippen molar-refractivity contribution < 1.29 is 5.21 Å².